The Labute approximate surface area is 92.0 Å². The molecule has 15 heavy (non-hydrogen) atoms. The highest BCUT2D eigenvalue weighted by Gasteiger charge is 1.99. The fraction of sp³-hybridized carbons (Fsp3) is 0. The molecule has 0 bridgehead atoms. The van der Waals surface area contributed by atoms with E-state index in [0.29, 0.717) is 10.2 Å². The standard InChI is InChI=1S/C11H7N3S/c12-7-9-1-2-10(14-11(9)15)8-3-5-13-6-4-8/h1-6H,(H,14,15). The molecule has 0 amide bonds. The molecule has 0 unspecified atom stereocenters. The van der Waals surface area contributed by atoms with Crippen LogP contribution in [0.3, 0.4) is 0 Å². The SMILES string of the molecule is N#Cc1ccc(-c2ccncc2)[nH]c1=S. The Bertz CT molecular complexity index is 566. The second-order valence-electron chi connectivity index (χ2n) is 2.96. The Kier molecular flexibility index (Phi) is 2.57. The van der Waals surface area contributed by atoms with Crippen LogP contribution in [-0.4, -0.2) is 9.97 Å². The molecule has 0 aliphatic heterocycles. The van der Waals surface area contributed by atoms with Crippen molar-refractivity contribution >= 4 is 12.2 Å². The highest BCUT2D eigenvalue weighted by Crippen LogP contribution is 2.15. The monoisotopic (exact) mass is 213 g/mol. The van der Waals surface area contributed by atoms with Gasteiger partial charge in [-0.15, -0.1) is 0 Å². The quantitative estimate of drug-likeness (QED) is 0.741. The minimum Gasteiger partial charge on any atom is -0.345 e. The molecule has 2 aromatic rings. The third-order valence-corrected chi connectivity index (χ3v) is 2.34. The summed E-state index contributed by atoms with van der Waals surface area (Å²) in [4.78, 5) is 6.94. The van der Waals surface area contributed by atoms with Gasteiger partial charge in [0.05, 0.1) is 5.56 Å². The second-order valence-corrected chi connectivity index (χ2v) is 3.37. The first-order chi connectivity index (χ1) is 7.31. The lowest BCUT2D eigenvalue weighted by molar-refractivity contribution is 1.26. The van der Waals surface area contributed by atoms with Crippen LogP contribution in [0.4, 0.5) is 0 Å². The van der Waals surface area contributed by atoms with Gasteiger partial charge in [-0.05, 0) is 24.3 Å². The Hall–Kier alpha value is -1.99. The number of hydrogen-bond acceptors (Lipinski definition) is 3. The average Bonchev–Trinajstić information content (AvgIpc) is 2.30. The lowest BCUT2D eigenvalue weighted by Gasteiger charge is -2.01. The van der Waals surface area contributed by atoms with Gasteiger partial charge >= 0.3 is 0 Å². The lowest BCUT2D eigenvalue weighted by Crippen LogP contribution is -1.87. The third kappa shape index (κ3) is 1.92. The van der Waals surface area contributed by atoms with E-state index in [1.807, 2.05) is 24.3 Å². The van der Waals surface area contributed by atoms with Crippen LogP contribution in [0, 0.1) is 16.0 Å². The fourth-order valence-corrected chi connectivity index (χ4v) is 1.49. The highest BCUT2D eigenvalue weighted by molar-refractivity contribution is 7.71. The Morgan fingerprint density at radius 2 is 1.93 bits per heavy atom. The third-order valence-electron chi connectivity index (χ3n) is 2.02. The van der Waals surface area contributed by atoms with Crippen LogP contribution in [0.5, 0.6) is 0 Å². The van der Waals surface area contributed by atoms with Gasteiger partial charge in [0.15, 0.2) is 0 Å². The summed E-state index contributed by atoms with van der Waals surface area (Å²) in [5.74, 6) is 0. The van der Waals surface area contributed by atoms with E-state index < -0.39 is 0 Å². The zero-order valence-electron chi connectivity index (χ0n) is 7.77. The number of rotatable bonds is 1. The molecule has 0 aliphatic carbocycles. The van der Waals surface area contributed by atoms with Gasteiger partial charge < -0.3 is 4.98 Å². The summed E-state index contributed by atoms with van der Waals surface area (Å²) in [5.41, 5.74) is 2.38. The van der Waals surface area contributed by atoms with Gasteiger partial charge in [0.1, 0.15) is 10.7 Å². The lowest BCUT2D eigenvalue weighted by atomic mass is 10.1. The van der Waals surface area contributed by atoms with Gasteiger partial charge in [-0.1, -0.05) is 12.2 Å². The predicted octanol–water partition coefficient (Wildman–Crippen LogP) is 2.68. The summed E-state index contributed by atoms with van der Waals surface area (Å²) >= 11 is 5.04. The largest absolute Gasteiger partial charge is 0.345 e. The van der Waals surface area contributed by atoms with Gasteiger partial charge in [-0.25, -0.2) is 0 Å². The van der Waals surface area contributed by atoms with Crippen LogP contribution in [0.25, 0.3) is 11.3 Å². The molecule has 3 nitrogen and oxygen atoms in total. The minimum atomic E-state index is 0.465. The molecule has 0 aliphatic rings. The van der Waals surface area contributed by atoms with Crippen molar-refractivity contribution in [1.29, 1.82) is 5.26 Å². The van der Waals surface area contributed by atoms with Crippen LogP contribution >= 0.6 is 12.2 Å². The Balaban J connectivity index is 2.54. The molecule has 0 atom stereocenters. The summed E-state index contributed by atoms with van der Waals surface area (Å²) in [7, 11) is 0. The Morgan fingerprint density at radius 1 is 1.20 bits per heavy atom. The number of nitriles is 1. The molecule has 4 heteroatoms. The van der Waals surface area contributed by atoms with Gasteiger partial charge in [-0.3, -0.25) is 4.98 Å². The van der Waals surface area contributed by atoms with Crippen molar-refractivity contribution in [2.24, 2.45) is 0 Å². The molecule has 0 spiro atoms. The summed E-state index contributed by atoms with van der Waals surface area (Å²) in [6.07, 6.45) is 3.43. The number of aromatic nitrogens is 2. The molecular weight excluding hydrogens is 206 g/mol. The van der Waals surface area contributed by atoms with Crippen LogP contribution in [0.2, 0.25) is 0 Å². The molecule has 2 rings (SSSR count). The maximum absolute atomic E-state index is 8.73. The number of aromatic amines is 1. The average molecular weight is 213 g/mol. The van der Waals surface area contributed by atoms with E-state index in [1.54, 1.807) is 18.5 Å². The molecule has 0 aromatic carbocycles. The normalized spacial score (nSPS) is 9.53. The van der Waals surface area contributed by atoms with Crippen molar-refractivity contribution in [2.45, 2.75) is 0 Å². The van der Waals surface area contributed by atoms with E-state index in [1.165, 1.54) is 0 Å². The Morgan fingerprint density at radius 3 is 2.53 bits per heavy atom. The van der Waals surface area contributed by atoms with E-state index in [0.717, 1.165) is 11.3 Å². The van der Waals surface area contributed by atoms with Crippen LogP contribution < -0.4 is 0 Å². The molecule has 0 saturated heterocycles. The van der Waals surface area contributed by atoms with Gasteiger partial charge in [0, 0.05) is 23.7 Å². The second kappa shape index (κ2) is 4.03. The van der Waals surface area contributed by atoms with E-state index >= 15 is 0 Å². The number of nitrogens with one attached hydrogen (secondary N) is 1. The molecule has 0 radical (unpaired) electrons. The first-order valence-corrected chi connectivity index (χ1v) is 4.76. The van der Waals surface area contributed by atoms with E-state index in [4.69, 9.17) is 17.5 Å². The van der Waals surface area contributed by atoms with Crippen LogP contribution in [0.1, 0.15) is 5.56 Å². The molecular formula is C11H7N3S. The zero-order valence-corrected chi connectivity index (χ0v) is 8.58. The van der Waals surface area contributed by atoms with Gasteiger partial charge in [0.2, 0.25) is 0 Å². The van der Waals surface area contributed by atoms with Crippen molar-refractivity contribution in [1.82, 2.24) is 9.97 Å². The number of pyridine rings is 2. The predicted molar refractivity (Wildman–Crippen MR) is 59.6 cm³/mol. The van der Waals surface area contributed by atoms with E-state index in [-0.39, 0.29) is 0 Å². The first kappa shape index (κ1) is 9.56. The van der Waals surface area contributed by atoms with Crippen molar-refractivity contribution in [3.8, 4) is 17.3 Å². The summed E-state index contributed by atoms with van der Waals surface area (Å²) in [5, 5.41) is 8.73. The number of hydrogen-bond donors (Lipinski definition) is 1. The highest BCUT2D eigenvalue weighted by atomic mass is 32.1. The summed E-state index contributed by atoms with van der Waals surface area (Å²) in [6, 6.07) is 9.34. The van der Waals surface area contributed by atoms with Crippen molar-refractivity contribution in [2.75, 3.05) is 0 Å². The minimum absolute atomic E-state index is 0.465. The topological polar surface area (TPSA) is 52.5 Å². The molecule has 2 heterocycles. The fourth-order valence-electron chi connectivity index (χ4n) is 1.26. The molecule has 2 aromatic heterocycles. The zero-order chi connectivity index (χ0) is 10.7. The molecule has 1 N–H and O–H groups in total. The maximum atomic E-state index is 8.73. The summed E-state index contributed by atoms with van der Waals surface area (Å²) < 4.78 is 0.465. The van der Waals surface area contributed by atoms with Gasteiger partial charge in [-0.2, -0.15) is 5.26 Å². The van der Waals surface area contributed by atoms with Gasteiger partial charge in [0.25, 0.3) is 0 Å². The number of nitrogens with zero attached hydrogens (tertiary/aromatic N) is 2. The van der Waals surface area contributed by atoms with E-state index in [9.17, 15) is 0 Å². The number of H-pyrrole nitrogens is 1. The first-order valence-electron chi connectivity index (χ1n) is 4.35. The smallest absolute Gasteiger partial charge is 0.121 e. The summed E-state index contributed by atoms with van der Waals surface area (Å²) in [6.45, 7) is 0. The van der Waals surface area contributed by atoms with Crippen LogP contribution in [-0.2, 0) is 0 Å². The maximum Gasteiger partial charge on any atom is 0.121 e. The molecule has 72 valence electrons. The van der Waals surface area contributed by atoms with Crippen LogP contribution in [0.15, 0.2) is 36.7 Å². The molecule has 0 fully saturated rings. The van der Waals surface area contributed by atoms with Crippen molar-refractivity contribution < 1.29 is 0 Å². The molecule has 0 saturated carbocycles. The van der Waals surface area contributed by atoms with Crippen molar-refractivity contribution in [3.63, 3.8) is 0 Å². The van der Waals surface area contributed by atoms with E-state index in [2.05, 4.69) is 9.97 Å². The van der Waals surface area contributed by atoms with Crippen molar-refractivity contribution in [3.05, 3.63) is 46.9 Å².